The van der Waals surface area contributed by atoms with E-state index in [4.69, 9.17) is 14.2 Å². The van der Waals surface area contributed by atoms with Gasteiger partial charge in [0, 0.05) is 17.0 Å². The molecule has 0 bridgehead atoms. The molecule has 0 aliphatic carbocycles. The number of amides is 1. The maximum Gasteiger partial charge on any atom is 0.312 e. The van der Waals surface area contributed by atoms with E-state index in [-0.39, 0.29) is 17.8 Å². The standard InChI is InChI=1S/C21H19N3O7S/c1-29-17-8-7-13(9-18(17)30-2)21-22-14(12-32-21)10-20(26)31-11-19(25)23-15-5-3-4-6-16(15)24(27)28/h3-9,12H,10-11H2,1-2H3,(H,23,25). The summed E-state index contributed by atoms with van der Waals surface area (Å²) in [6.45, 7) is -0.572. The normalized spacial score (nSPS) is 10.3. The zero-order valence-electron chi connectivity index (χ0n) is 17.2. The fourth-order valence-corrected chi connectivity index (χ4v) is 3.58. The van der Waals surface area contributed by atoms with Crippen LogP contribution in [0.25, 0.3) is 10.6 Å². The van der Waals surface area contributed by atoms with E-state index in [0.29, 0.717) is 22.2 Å². The largest absolute Gasteiger partial charge is 0.493 e. The molecule has 0 atom stereocenters. The number of anilines is 1. The summed E-state index contributed by atoms with van der Waals surface area (Å²) in [7, 11) is 3.09. The minimum Gasteiger partial charge on any atom is -0.493 e. The Morgan fingerprint density at radius 3 is 2.59 bits per heavy atom. The van der Waals surface area contributed by atoms with Crippen molar-refractivity contribution in [3.05, 3.63) is 63.7 Å². The van der Waals surface area contributed by atoms with Crippen LogP contribution in [0.1, 0.15) is 5.69 Å². The number of para-hydroxylation sites is 2. The Bertz CT molecular complexity index is 1150. The number of hydrogen-bond donors (Lipinski definition) is 1. The lowest BCUT2D eigenvalue weighted by Gasteiger charge is -2.08. The summed E-state index contributed by atoms with van der Waals surface area (Å²) in [4.78, 5) is 38.9. The fraction of sp³-hybridized carbons (Fsp3) is 0.190. The maximum absolute atomic E-state index is 12.1. The molecule has 0 saturated heterocycles. The molecule has 1 amide bonds. The number of nitro groups is 1. The molecule has 1 N–H and O–H groups in total. The number of methoxy groups -OCH3 is 2. The number of nitrogens with zero attached hydrogens (tertiary/aromatic N) is 2. The van der Waals surface area contributed by atoms with Crippen molar-refractivity contribution in [3.8, 4) is 22.1 Å². The van der Waals surface area contributed by atoms with E-state index in [2.05, 4.69) is 10.3 Å². The third kappa shape index (κ3) is 5.58. The molecule has 32 heavy (non-hydrogen) atoms. The van der Waals surface area contributed by atoms with Gasteiger partial charge in [0.05, 0.1) is 31.3 Å². The minimum absolute atomic E-state index is 0.0256. The first-order valence-corrected chi connectivity index (χ1v) is 10.1. The summed E-state index contributed by atoms with van der Waals surface area (Å²) >= 11 is 1.35. The van der Waals surface area contributed by atoms with Gasteiger partial charge < -0.3 is 19.5 Å². The van der Waals surface area contributed by atoms with Crippen molar-refractivity contribution in [3.63, 3.8) is 0 Å². The van der Waals surface area contributed by atoms with E-state index >= 15 is 0 Å². The van der Waals surface area contributed by atoms with E-state index in [9.17, 15) is 19.7 Å². The Kier molecular flexibility index (Phi) is 7.34. The van der Waals surface area contributed by atoms with Crippen molar-refractivity contribution in [2.75, 3.05) is 26.1 Å². The van der Waals surface area contributed by atoms with Crippen LogP contribution in [-0.2, 0) is 20.7 Å². The zero-order chi connectivity index (χ0) is 23.1. The first kappa shape index (κ1) is 22.7. The van der Waals surface area contributed by atoms with E-state index in [0.717, 1.165) is 5.56 Å². The van der Waals surface area contributed by atoms with Crippen molar-refractivity contribution in [1.82, 2.24) is 4.98 Å². The number of nitrogens with one attached hydrogen (secondary N) is 1. The van der Waals surface area contributed by atoms with Crippen molar-refractivity contribution in [1.29, 1.82) is 0 Å². The van der Waals surface area contributed by atoms with Crippen LogP contribution in [0.2, 0.25) is 0 Å². The van der Waals surface area contributed by atoms with Crippen LogP contribution >= 0.6 is 11.3 Å². The highest BCUT2D eigenvalue weighted by molar-refractivity contribution is 7.13. The van der Waals surface area contributed by atoms with E-state index in [1.165, 1.54) is 36.6 Å². The van der Waals surface area contributed by atoms with E-state index < -0.39 is 23.4 Å². The number of benzene rings is 2. The highest BCUT2D eigenvalue weighted by atomic mass is 32.1. The van der Waals surface area contributed by atoms with Gasteiger partial charge >= 0.3 is 5.97 Å². The molecule has 166 valence electrons. The molecular formula is C21H19N3O7S. The average molecular weight is 457 g/mol. The average Bonchev–Trinajstić information content (AvgIpc) is 3.25. The number of carbonyl (C=O) groups excluding carboxylic acids is 2. The van der Waals surface area contributed by atoms with Gasteiger partial charge in [-0.05, 0) is 24.3 Å². The summed E-state index contributed by atoms with van der Waals surface area (Å²) in [5, 5.41) is 15.8. The molecule has 0 spiro atoms. The predicted octanol–water partition coefficient (Wildman–Crippen LogP) is 3.46. The van der Waals surface area contributed by atoms with Gasteiger partial charge in [0.25, 0.3) is 11.6 Å². The molecule has 2 aromatic carbocycles. The smallest absolute Gasteiger partial charge is 0.312 e. The Hall–Kier alpha value is -3.99. The minimum atomic E-state index is -0.683. The van der Waals surface area contributed by atoms with Gasteiger partial charge in [0.15, 0.2) is 18.1 Å². The number of rotatable bonds is 9. The number of aromatic nitrogens is 1. The molecule has 0 aliphatic rings. The summed E-state index contributed by atoms with van der Waals surface area (Å²) < 4.78 is 15.5. The van der Waals surface area contributed by atoms with Crippen LogP contribution in [0, 0.1) is 10.1 Å². The monoisotopic (exact) mass is 457 g/mol. The van der Waals surface area contributed by atoms with Crippen LogP contribution in [-0.4, -0.2) is 42.6 Å². The summed E-state index contributed by atoms with van der Waals surface area (Å²) in [5.74, 6) is -0.176. The Balaban J connectivity index is 1.56. The van der Waals surface area contributed by atoms with Gasteiger partial charge in [-0.1, -0.05) is 12.1 Å². The highest BCUT2D eigenvalue weighted by Gasteiger charge is 2.17. The van der Waals surface area contributed by atoms with Gasteiger partial charge in [-0.25, -0.2) is 4.98 Å². The molecule has 0 fully saturated rings. The number of esters is 1. The van der Waals surface area contributed by atoms with Gasteiger partial charge in [-0.2, -0.15) is 0 Å². The summed E-state index contributed by atoms with van der Waals surface area (Å²) in [6.07, 6.45) is -0.122. The zero-order valence-corrected chi connectivity index (χ0v) is 18.0. The predicted molar refractivity (Wildman–Crippen MR) is 117 cm³/mol. The Labute approximate surface area is 186 Å². The molecule has 10 nitrogen and oxygen atoms in total. The summed E-state index contributed by atoms with van der Waals surface area (Å²) in [5.41, 5.74) is 1.06. The van der Waals surface area contributed by atoms with Crippen molar-refractivity contribution >= 4 is 34.6 Å². The third-order valence-electron chi connectivity index (χ3n) is 4.25. The molecule has 1 heterocycles. The van der Waals surface area contributed by atoms with Crippen LogP contribution in [0.15, 0.2) is 47.8 Å². The topological polar surface area (TPSA) is 130 Å². The molecule has 3 rings (SSSR count). The van der Waals surface area contributed by atoms with Crippen LogP contribution in [0.3, 0.4) is 0 Å². The number of nitro benzene ring substituents is 1. The lowest BCUT2D eigenvalue weighted by atomic mass is 10.2. The van der Waals surface area contributed by atoms with Crippen LogP contribution in [0.4, 0.5) is 11.4 Å². The molecule has 1 aromatic heterocycles. The van der Waals surface area contributed by atoms with E-state index in [1.807, 2.05) is 6.07 Å². The number of ether oxygens (including phenoxy) is 3. The van der Waals surface area contributed by atoms with Crippen molar-refractivity contribution < 1.29 is 28.7 Å². The third-order valence-corrected chi connectivity index (χ3v) is 5.19. The van der Waals surface area contributed by atoms with Gasteiger partial charge in [-0.3, -0.25) is 19.7 Å². The SMILES string of the molecule is COc1ccc(-c2nc(CC(=O)OCC(=O)Nc3ccccc3[N+](=O)[O-])cs2)cc1OC. The Morgan fingerprint density at radius 2 is 1.88 bits per heavy atom. The second-order valence-electron chi connectivity index (χ2n) is 6.37. The fourth-order valence-electron chi connectivity index (χ4n) is 2.76. The molecule has 0 aliphatic heterocycles. The van der Waals surface area contributed by atoms with Gasteiger partial charge in [0.2, 0.25) is 0 Å². The summed E-state index contributed by atoms with van der Waals surface area (Å²) in [6, 6.07) is 11.1. The second kappa shape index (κ2) is 10.4. The quantitative estimate of drug-likeness (QED) is 0.294. The van der Waals surface area contributed by atoms with Gasteiger partial charge in [-0.15, -0.1) is 11.3 Å². The first-order chi connectivity index (χ1) is 15.4. The highest BCUT2D eigenvalue weighted by Crippen LogP contribution is 2.33. The number of carbonyl (C=O) groups is 2. The lowest BCUT2D eigenvalue weighted by molar-refractivity contribution is -0.383. The Morgan fingerprint density at radius 1 is 1.12 bits per heavy atom. The molecule has 0 saturated carbocycles. The maximum atomic E-state index is 12.1. The number of thiazole rings is 1. The van der Waals surface area contributed by atoms with Crippen molar-refractivity contribution in [2.24, 2.45) is 0 Å². The number of hydrogen-bond acceptors (Lipinski definition) is 9. The van der Waals surface area contributed by atoms with E-state index in [1.54, 1.807) is 30.7 Å². The molecule has 0 radical (unpaired) electrons. The molecule has 0 unspecified atom stereocenters. The van der Waals surface area contributed by atoms with Crippen LogP contribution < -0.4 is 14.8 Å². The molecule has 3 aromatic rings. The first-order valence-electron chi connectivity index (χ1n) is 9.27. The lowest BCUT2D eigenvalue weighted by Crippen LogP contribution is -2.22. The van der Waals surface area contributed by atoms with Crippen LogP contribution in [0.5, 0.6) is 11.5 Å². The van der Waals surface area contributed by atoms with Crippen molar-refractivity contribution in [2.45, 2.75) is 6.42 Å². The molecule has 11 heteroatoms. The second-order valence-corrected chi connectivity index (χ2v) is 7.23. The molecular weight excluding hydrogens is 438 g/mol. The van der Waals surface area contributed by atoms with Gasteiger partial charge in [0.1, 0.15) is 10.7 Å².